The third-order valence-corrected chi connectivity index (χ3v) is 9.61. The number of pyridine rings is 1. The molecule has 0 saturated carbocycles. The molecule has 0 radical (unpaired) electrons. The normalized spacial score (nSPS) is 11.5. The van der Waals surface area contributed by atoms with Crippen molar-refractivity contribution in [2.45, 2.75) is 83.6 Å². The van der Waals surface area contributed by atoms with E-state index in [0.29, 0.717) is 29.8 Å². The van der Waals surface area contributed by atoms with Crippen LogP contribution in [0.15, 0.2) is 90.0 Å². The highest BCUT2D eigenvalue weighted by molar-refractivity contribution is 7.90. The maximum absolute atomic E-state index is 13.5. The second-order valence-corrected chi connectivity index (χ2v) is 13.7. The summed E-state index contributed by atoms with van der Waals surface area (Å²) >= 11 is 0. The van der Waals surface area contributed by atoms with Gasteiger partial charge in [0.05, 0.1) is 23.3 Å². The number of aromatic nitrogens is 3. The fourth-order valence-corrected chi connectivity index (χ4v) is 6.84. The van der Waals surface area contributed by atoms with Crippen molar-refractivity contribution in [2.75, 3.05) is 5.32 Å². The van der Waals surface area contributed by atoms with Gasteiger partial charge in [-0.25, -0.2) is 23.1 Å². The molecule has 0 spiro atoms. The van der Waals surface area contributed by atoms with Crippen molar-refractivity contribution < 1.29 is 18.0 Å². The maximum Gasteiger partial charge on any atom is 0.264 e. The summed E-state index contributed by atoms with van der Waals surface area (Å²) in [5.41, 5.74) is 5.68. The lowest BCUT2D eigenvalue weighted by Crippen LogP contribution is -2.30. The number of nitrogens with one attached hydrogen (secondary N) is 2. The fraction of sp³-hybridized carbons (Fsp3) is 0.316. The monoisotopic (exact) mass is 665 g/mol. The molecule has 0 aliphatic carbocycles. The van der Waals surface area contributed by atoms with E-state index in [9.17, 15) is 18.0 Å². The Balaban J connectivity index is 1.36. The van der Waals surface area contributed by atoms with Crippen molar-refractivity contribution >= 4 is 38.7 Å². The molecule has 5 rings (SSSR count). The first-order chi connectivity index (χ1) is 23.2. The lowest BCUT2D eigenvalue weighted by molar-refractivity contribution is -0.116. The van der Waals surface area contributed by atoms with Crippen LogP contribution in [0.5, 0.6) is 0 Å². The van der Waals surface area contributed by atoms with Crippen molar-refractivity contribution in [3.63, 3.8) is 0 Å². The molecule has 0 aliphatic heterocycles. The third kappa shape index (κ3) is 8.36. The number of benzene rings is 3. The van der Waals surface area contributed by atoms with Gasteiger partial charge in [0.15, 0.2) is 5.65 Å². The number of carbonyl (C=O) groups is 2. The van der Waals surface area contributed by atoms with E-state index in [4.69, 9.17) is 4.98 Å². The number of anilines is 1. The molecule has 9 nitrogen and oxygen atoms in total. The van der Waals surface area contributed by atoms with Crippen LogP contribution in [0, 0.1) is 0 Å². The quantitative estimate of drug-likeness (QED) is 0.118. The molecule has 2 aromatic heterocycles. The van der Waals surface area contributed by atoms with Crippen LogP contribution >= 0.6 is 0 Å². The van der Waals surface area contributed by atoms with Crippen LogP contribution in [0.1, 0.15) is 86.6 Å². The van der Waals surface area contributed by atoms with Crippen molar-refractivity contribution in [1.29, 1.82) is 0 Å². The van der Waals surface area contributed by atoms with E-state index >= 15 is 0 Å². The average molecular weight is 666 g/mol. The molecular weight excluding hydrogens is 623 g/mol. The van der Waals surface area contributed by atoms with E-state index in [-0.39, 0.29) is 16.4 Å². The highest BCUT2D eigenvalue weighted by atomic mass is 32.2. The number of hydrogen-bond acceptors (Lipinski definition) is 6. The zero-order valence-corrected chi connectivity index (χ0v) is 28.6. The Kier molecular flexibility index (Phi) is 11.4. The molecule has 0 unspecified atom stereocenters. The molecule has 250 valence electrons. The molecule has 0 bridgehead atoms. The van der Waals surface area contributed by atoms with Gasteiger partial charge in [0.1, 0.15) is 11.3 Å². The van der Waals surface area contributed by atoms with Crippen molar-refractivity contribution in [3.05, 3.63) is 108 Å². The van der Waals surface area contributed by atoms with Gasteiger partial charge in [0, 0.05) is 24.0 Å². The summed E-state index contributed by atoms with van der Waals surface area (Å²) < 4.78 is 31.3. The molecule has 10 heteroatoms. The summed E-state index contributed by atoms with van der Waals surface area (Å²) in [6.07, 6.45) is 8.61. The minimum atomic E-state index is -4.16. The van der Waals surface area contributed by atoms with Crippen LogP contribution in [0.2, 0.25) is 0 Å². The standard InChI is InChI=1S/C38H43N5O4S/c1-4-7-14-35-41-33-24-31(40-36(44)15-8-5-2)25-39-37(33)43(35)26-28-18-20-29(21-19-28)32-12-9-10-13-34(32)48(46,47)42-38(45)30-22-16-27(11-6-3)17-23-30/h9-10,12-13,16-25H,4-8,11,14-15,26H2,1-3H3,(H,40,44)(H,42,45). The summed E-state index contributed by atoms with van der Waals surface area (Å²) in [6.45, 7) is 6.80. The van der Waals surface area contributed by atoms with E-state index in [1.54, 1.807) is 36.5 Å². The first kappa shape index (κ1) is 34.5. The van der Waals surface area contributed by atoms with Crippen LogP contribution in [0.25, 0.3) is 22.3 Å². The average Bonchev–Trinajstić information content (AvgIpc) is 3.42. The van der Waals surface area contributed by atoms with Gasteiger partial charge in [-0.05, 0) is 60.2 Å². The number of imidazole rings is 1. The number of amides is 2. The summed E-state index contributed by atoms with van der Waals surface area (Å²) in [7, 11) is -4.16. The first-order valence-electron chi connectivity index (χ1n) is 16.7. The second kappa shape index (κ2) is 15.8. The SMILES string of the molecule is CCCCC(=O)Nc1cnc2c(c1)nc(CCCC)n2Cc1ccc(-c2ccccc2S(=O)(=O)NC(=O)c2ccc(CCC)cc2)cc1. The van der Waals surface area contributed by atoms with Crippen LogP contribution < -0.4 is 10.0 Å². The fourth-order valence-electron chi connectivity index (χ4n) is 5.64. The molecule has 0 fully saturated rings. The minimum Gasteiger partial charge on any atom is -0.325 e. The van der Waals surface area contributed by atoms with Crippen LogP contribution in [-0.2, 0) is 34.2 Å². The highest BCUT2D eigenvalue weighted by Gasteiger charge is 2.23. The number of carbonyl (C=O) groups excluding carboxylic acids is 2. The number of nitrogens with zero attached hydrogens (tertiary/aromatic N) is 3. The molecule has 5 aromatic rings. The number of sulfonamides is 1. The molecule has 2 amide bonds. The Morgan fingerprint density at radius 3 is 2.23 bits per heavy atom. The Labute approximate surface area is 282 Å². The van der Waals surface area contributed by atoms with Crippen LogP contribution in [0.3, 0.4) is 0 Å². The van der Waals surface area contributed by atoms with Crippen molar-refractivity contribution in [3.8, 4) is 11.1 Å². The van der Waals surface area contributed by atoms with Gasteiger partial charge in [-0.3, -0.25) is 9.59 Å². The number of unbranched alkanes of at least 4 members (excludes halogenated alkanes) is 2. The Bertz CT molecular complexity index is 1980. The van der Waals surface area contributed by atoms with Crippen molar-refractivity contribution in [1.82, 2.24) is 19.3 Å². The van der Waals surface area contributed by atoms with Gasteiger partial charge >= 0.3 is 0 Å². The lowest BCUT2D eigenvalue weighted by Gasteiger charge is -2.13. The van der Waals surface area contributed by atoms with Gasteiger partial charge in [-0.1, -0.05) is 94.6 Å². The number of rotatable bonds is 15. The number of hydrogen-bond donors (Lipinski definition) is 2. The maximum atomic E-state index is 13.5. The zero-order valence-electron chi connectivity index (χ0n) is 27.8. The highest BCUT2D eigenvalue weighted by Crippen LogP contribution is 2.29. The van der Waals surface area contributed by atoms with Gasteiger partial charge in [-0.2, -0.15) is 0 Å². The van der Waals surface area contributed by atoms with Gasteiger partial charge < -0.3 is 9.88 Å². The summed E-state index contributed by atoms with van der Waals surface area (Å²) in [5.74, 6) is 0.219. The van der Waals surface area contributed by atoms with Gasteiger partial charge in [-0.15, -0.1) is 0 Å². The van der Waals surface area contributed by atoms with Gasteiger partial charge in [0.25, 0.3) is 15.9 Å². The van der Waals surface area contributed by atoms with Gasteiger partial charge in [0.2, 0.25) is 5.91 Å². The summed E-state index contributed by atoms with van der Waals surface area (Å²) in [6, 6.07) is 23.3. The molecule has 0 atom stereocenters. The first-order valence-corrected chi connectivity index (χ1v) is 18.2. The zero-order chi connectivity index (χ0) is 34.1. The lowest BCUT2D eigenvalue weighted by atomic mass is 10.0. The Morgan fingerprint density at radius 2 is 1.52 bits per heavy atom. The number of aryl methyl sites for hydroxylation is 2. The van der Waals surface area contributed by atoms with E-state index < -0.39 is 15.9 Å². The van der Waals surface area contributed by atoms with E-state index in [1.807, 2.05) is 42.5 Å². The summed E-state index contributed by atoms with van der Waals surface area (Å²) in [4.78, 5) is 34.8. The predicted molar refractivity (Wildman–Crippen MR) is 190 cm³/mol. The van der Waals surface area contributed by atoms with Crippen LogP contribution in [-0.4, -0.2) is 34.8 Å². The van der Waals surface area contributed by atoms with E-state index in [2.05, 4.69) is 40.4 Å². The minimum absolute atomic E-state index is 0.0259. The molecule has 2 heterocycles. The summed E-state index contributed by atoms with van der Waals surface area (Å²) in [5, 5.41) is 2.94. The second-order valence-electron chi connectivity index (χ2n) is 12.0. The molecule has 3 aromatic carbocycles. The molecule has 48 heavy (non-hydrogen) atoms. The number of fused-ring (bicyclic) bond motifs is 1. The van der Waals surface area contributed by atoms with Crippen LogP contribution in [0.4, 0.5) is 5.69 Å². The van der Waals surface area contributed by atoms with E-state index in [0.717, 1.165) is 73.1 Å². The van der Waals surface area contributed by atoms with Crippen molar-refractivity contribution in [2.24, 2.45) is 0 Å². The predicted octanol–water partition coefficient (Wildman–Crippen LogP) is 7.69. The topological polar surface area (TPSA) is 123 Å². The molecule has 2 N–H and O–H groups in total. The third-order valence-electron chi connectivity index (χ3n) is 8.22. The Hall–Kier alpha value is -4.83. The largest absolute Gasteiger partial charge is 0.325 e. The Morgan fingerprint density at radius 1 is 0.812 bits per heavy atom. The molecule has 0 saturated heterocycles. The van der Waals surface area contributed by atoms with E-state index in [1.165, 1.54) is 6.07 Å². The molecular formula is C38H43N5O4S. The molecule has 0 aliphatic rings. The smallest absolute Gasteiger partial charge is 0.264 e.